The second-order valence-electron chi connectivity index (χ2n) is 8.87. The monoisotopic (exact) mass is 637 g/mol. The Labute approximate surface area is 256 Å². The Morgan fingerprint density at radius 2 is 1.59 bits per heavy atom. The molecule has 0 radical (unpaired) electrons. The standard InChI is InChI=1S/C29H33Cl2N3O5S2/c1-5-27(29(36)32-3)33(18-24-25(30)8-7-9-26(24)31)28(35)19-34(20-10-12-21(13-11-20)39-6-2)41(37,38)23-16-14-22(40-4)15-17-23/h7-17,27H,5-6,18-19H2,1-4H3,(H,32,36)/t27-/m1/s1. The van der Waals surface area contributed by atoms with Crippen molar-refractivity contribution in [2.24, 2.45) is 0 Å². The van der Waals surface area contributed by atoms with Gasteiger partial charge in [-0.25, -0.2) is 8.42 Å². The Kier molecular flexibility index (Phi) is 11.8. The molecule has 1 atom stereocenters. The van der Waals surface area contributed by atoms with Crippen LogP contribution in [0.5, 0.6) is 5.75 Å². The number of halogens is 2. The van der Waals surface area contributed by atoms with Crippen molar-refractivity contribution in [1.82, 2.24) is 10.2 Å². The van der Waals surface area contributed by atoms with Gasteiger partial charge in [-0.1, -0.05) is 36.2 Å². The zero-order valence-corrected chi connectivity index (χ0v) is 26.4. The summed E-state index contributed by atoms with van der Waals surface area (Å²) >= 11 is 14.3. The van der Waals surface area contributed by atoms with Crippen molar-refractivity contribution in [3.05, 3.63) is 82.3 Å². The number of likely N-dealkylation sites (N-methyl/N-ethyl adjacent to an activating group) is 1. The third kappa shape index (κ3) is 7.88. The highest BCUT2D eigenvalue weighted by atomic mass is 35.5. The van der Waals surface area contributed by atoms with Crippen LogP contribution in [0, 0.1) is 0 Å². The van der Waals surface area contributed by atoms with Gasteiger partial charge < -0.3 is 15.0 Å². The second kappa shape index (κ2) is 14.8. The fourth-order valence-corrected chi connectivity index (χ4v) is 6.56. The number of amides is 2. The molecule has 0 heterocycles. The van der Waals surface area contributed by atoms with E-state index in [0.29, 0.717) is 28.0 Å². The molecule has 0 aliphatic heterocycles. The maximum atomic E-state index is 14.0. The fourth-order valence-electron chi connectivity index (χ4n) is 4.22. The van der Waals surface area contributed by atoms with Crippen LogP contribution in [0.25, 0.3) is 0 Å². The number of benzene rings is 3. The number of hydrogen-bond donors (Lipinski definition) is 1. The van der Waals surface area contributed by atoms with Crippen LogP contribution in [0.1, 0.15) is 25.8 Å². The summed E-state index contributed by atoms with van der Waals surface area (Å²) in [6, 6.07) is 16.9. The first-order valence-electron chi connectivity index (χ1n) is 12.9. The molecule has 0 aliphatic carbocycles. The van der Waals surface area contributed by atoms with Crippen LogP contribution in [0.3, 0.4) is 0 Å². The summed E-state index contributed by atoms with van der Waals surface area (Å²) in [6.07, 6.45) is 2.17. The molecule has 12 heteroatoms. The van der Waals surface area contributed by atoms with Crippen LogP contribution in [-0.4, -0.2) is 57.6 Å². The van der Waals surface area contributed by atoms with Gasteiger partial charge in [-0.2, -0.15) is 0 Å². The highest BCUT2D eigenvalue weighted by molar-refractivity contribution is 7.98. The number of nitrogens with one attached hydrogen (secondary N) is 1. The topological polar surface area (TPSA) is 96.0 Å². The first-order chi connectivity index (χ1) is 19.6. The van der Waals surface area contributed by atoms with E-state index in [4.69, 9.17) is 27.9 Å². The van der Waals surface area contributed by atoms with Crippen molar-refractivity contribution >= 4 is 62.5 Å². The van der Waals surface area contributed by atoms with Gasteiger partial charge in [0.25, 0.3) is 10.0 Å². The van der Waals surface area contributed by atoms with Crippen molar-refractivity contribution in [3.63, 3.8) is 0 Å². The largest absolute Gasteiger partial charge is 0.494 e. The number of sulfonamides is 1. The highest BCUT2D eigenvalue weighted by Crippen LogP contribution is 2.30. The summed E-state index contributed by atoms with van der Waals surface area (Å²) in [5.41, 5.74) is 0.717. The van der Waals surface area contributed by atoms with Gasteiger partial charge in [0.2, 0.25) is 11.8 Å². The van der Waals surface area contributed by atoms with E-state index < -0.39 is 34.4 Å². The lowest BCUT2D eigenvalue weighted by molar-refractivity contribution is -0.140. The van der Waals surface area contributed by atoms with Gasteiger partial charge in [0.05, 0.1) is 17.2 Å². The molecule has 3 aromatic carbocycles. The molecule has 0 saturated carbocycles. The number of anilines is 1. The van der Waals surface area contributed by atoms with Crippen molar-refractivity contribution in [2.45, 2.75) is 42.6 Å². The van der Waals surface area contributed by atoms with E-state index in [1.807, 2.05) is 13.2 Å². The average molecular weight is 639 g/mol. The third-order valence-electron chi connectivity index (χ3n) is 6.38. The summed E-state index contributed by atoms with van der Waals surface area (Å²) in [5.74, 6) is -0.438. The number of nitrogens with zero attached hydrogens (tertiary/aromatic N) is 2. The maximum absolute atomic E-state index is 14.0. The number of hydrogen-bond acceptors (Lipinski definition) is 6. The molecule has 0 aliphatic rings. The van der Waals surface area contributed by atoms with Crippen LogP contribution < -0.4 is 14.4 Å². The Bertz CT molecular complexity index is 1430. The Morgan fingerprint density at radius 3 is 2.10 bits per heavy atom. The zero-order valence-electron chi connectivity index (χ0n) is 23.3. The number of carbonyl (C=O) groups is 2. The summed E-state index contributed by atoms with van der Waals surface area (Å²) in [6.45, 7) is 3.39. The molecule has 8 nitrogen and oxygen atoms in total. The second-order valence-corrected chi connectivity index (χ2v) is 12.4. The molecule has 0 bridgehead atoms. The molecule has 3 aromatic rings. The predicted octanol–water partition coefficient (Wildman–Crippen LogP) is 5.86. The van der Waals surface area contributed by atoms with Gasteiger partial charge in [0, 0.05) is 34.1 Å². The average Bonchev–Trinajstić information content (AvgIpc) is 2.97. The molecule has 1 N–H and O–H groups in total. The summed E-state index contributed by atoms with van der Waals surface area (Å²) in [5, 5.41) is 3.24. The first-order valence-corrected chi connectivity index (χ1v) is 16.3. The zero-order chi connectivity index (χ0) is 30.2. The van der Waals surface area contributed by atoms with Crippen molar-refractivity contribution in [3.8, 4) is 5.75 Å². The molecule has 0 spiro atoms. The molecule has 3 rings (SSSR count). The Balaban J connectivity index is 2.09. The molecular formula is C29H33Cl2N3O5S2. The van der Waals surface area contributed by atoms with Crippen LogP contribution in [0.2, 0.25) is 10.0 Å². The lowest BCUT2D eigenvalue weighted by Gasteiger charge is -2.33. The highest BCUT2D eigenvalue weighted by Gasteiger charge is 2.34. The van der Waals surface area contributed by atoms with E-state index in [9.17, 15) is 18.0 Å². The predicted molar refractivity (Wildman–Crippen MR) is 166 cm³/mol. The SMILES string of the molecule is CCOc1ccc(N(CC(=O)N(Cc2c(Cl)cccc2Cl)[C@H](CC)C(=O)NC)S(=O)(=O)c2ccc(SC)cc2)cc1. The van der Waals surface area contributed by atoms with Gasteiger partial charge in [0.1, 0.15) is 18.3 Å². The Morgan fingerprint density at radius 1 is 0.976 bits per heavy atom. The lowest BCUT2D eigenvalue weighted by Crippen LogP contribution is -2.51. The number of carbonyl (C=O) groups excluding carboxylic acids is 2. The van der Waals surface area contributed by atoms with Crippen molar-refractivity contribution in [1.29, 1.82) is 0 Å². The molecule has 220 valence electrons. The van der Waals surface area contributed by atoms with Crippen molar-refractivity contribution < 1.29 is 22.7 Å². The number of ether oxygens (including phenoxy) is 1. The minimum Gasteiger partial charge on any atom is -0.494 e. The Hall–Kier alpha value is -2.92. The lowest BCUT2D eigenvalue weighted by atomic mass is 10.1. The molecule has 0 saturated heterocycles. The molecule has 0 aromatic heterocycles. The molecule has 0 unspecified atom stereocenters. The van der Waals surface area contributed by atoms with Gasteiger partial charge in [-0.3, -0.25) is 13.9 Å². The minimum absolute atomic E-state index is 0.0241. The smallest absolute Gasteiger partial charge is 0.264 e. The van der Waals surface area contributed by atoms with Crippen LogP contribution in [-0.2, 0) is 26.2 Å². The van der Waals surface area contributed by atoms with Crippen LogP contribution in [0.15, 0.2) is 76.5 Å². The summed E-state index contributed by atoms with van der Waals surface area (Å²) < 4.78 is 34.5. The number of thioether (sulfide) groups is 1. The summed E-state index contributed by atoms with van der Waals surface area (Å²) in [4.78, 5) is 29.2. The first kappa shape index (κ1) is 32.6. The quantitative estimate of drug-likeness (QED) is 0.236. The fraction of sp³-hybridized carbons (Fsp3) is 0.310. The van der Waals surface area contributed by atoms with Gasteiger partial charge >= 0.3 is 0 Å². The van der Waals surface area contributed by atoms with E-state index >= 15 is 0 Å². The van der Waals surface area contributed by atoms with E-state index in [1.165, 1.54) is 35.8 Å². The van der Waals surface area contributed by atoms with E-state index in [0.717, 1.165) is 9.20 Å². The van der Waals surface area contributed by atoms with E-state index in [-0.39, 0.29) is 23.5 Å². The molecule has 41 heavy (non-hydrogen) atoms. The number of rotatable bonds is 13. The van der Waals surface area contributed by atoms with E-state index in [1.54, 1.807) is 61.5 Å². The summed E-state index contributed by atoms with van der Waals surface area (Å²) in [7, 11) is -2.72. The normalized spacial score (nSPS) is 12.0. The minimum atomic E-state index is -4.20. The van der Waals surface area contributed by atoms with Gasteiger partial charge in [0.15, 0.2) is 0 Å². The van der Waals surface area contributed by atoms with Crippen LogP contribution >= 0.6 is 35.0 Å². The third-order valence-corrected chi connectivity index (χ3v) is 9.62. The van der Waals surface area contributed by atoms with Crippen molar-refractivity contribution in [2.75, 3.05) is 30.8 Å². The molecular weight excluding hydrogens is 605 g/mol. The van der Waals surface area contributed by atoms with Gasteiger partial charge in [-0.15, -0.1) is 11.8 Å². The van der Waals surface area contributed by atoms with Crippen LogP contribution in [0.4, 0.5) is 5.69 Å². The maximum Gasteiger partial charge on any atom is 0.264 e. The molecule has 2 amide bonds. The van der Waals surface area contributed by atoms with E-state index in [2.05, 4.69) is 5.32 Å². The molecule has 0 fully saturated rings. The van der Waals surface area contributed by atoms with Gasteiger partial charge in [-0.05, 0) is 80.3 Å².